The highest BCUT2D eigenvalue weighted by Crippen LogP contribution is 2.47. The summed E-state index contributed by atoms with van der Waals surface area (Å²) in [5.74, 6) is 1.22. The van der Waals surface area contributed by atoms with Crippen LogP contribution >= 0.6 is 0 Å². The third kappa shape index (κ3) is 6.37. The van der Waals surface area contributed by atoms with Gasteiger partial charge in [0.25, 0.3) is 0 Å². The maximum atomic E-state index is 13.4. The van der Waals surface area contributed by atoms with E-state index in [0.717, 1.165) is 42.7 Å². The van der Waals surface area contributed by atoms with Crippen LogP contribution in [0.25, 0.3) is 0 Å². The van der Waals surface area contributed by atoms with Crippen molar-refractivity contribution in [3.63, 3.8) is 0 Å². The minimum Gasteiger partial charge on any atom is -0.493 e. The number of benzene rings is 2. The number of nitrogens with zero attached hydrogens (tertiary/aromatic N) is 1. The van der Waals surface area contributed by atoms with Crippen molar-refractivity contribution in [2.24, 2.45) is 17.8 Å². The molecule has 35 heavy (non-hydrogen) atoms. The van der Waals surface area contributed by atoms with Gasteiger partial charge in [0, 0.05) is 19.0 Å². The zero-order valence-corrected chi connectivity index (χ0v) is 20.6. The van der Waals surface area contributed by atoms with Crippen molar-refractivity contribution in [2.45, 2.75) is 51.7 Å². The normalized spacial score (nSPS) is 20.5. The Bertz CT molecular complexity index is 1030. The van der Waals surface area contributed by atoms with Gasteiger partial charge in [-0.1, -0.05) is 36.8 Å². The molecule has 0 bridgehead atoms. The summed E-state index contributed by atoms with van der Waals surface area (Å²) in [6, 6.07) is 12.3. The minimum atomic E-state index is -4.35. The number of methoxy groups -OCH3 is 1. The van der Waals surface area contributed by atoms with Crippen molar-refractivity contribution in [3.8, 4) is 5.75 Å². The van der Waals surface area contributed by atoms with Crippen molar-refractivity contribution in [2.75, 3.05) is 26.8 Å². The average Bonchev–Trinajstić information content (AvgIpc) is 3.54. The first-order chi connectivity index (χ1) is 16.7. The van der Waals surface area contributed by atoms with E-state index in [4.69, 9.17) is 9.47 Å². The monoisotopic (exact) mass is 489 g/mol. The van der Waals surface area contributed by atoms with Crippen LogP contribution in [0.1, 0.15) is 54.4 Å². The van der Waals surface area contributed by atoms with Gasteiger partial charge < -0.3 is 9.47 Å². The van der Waals surface area contributed by atoms with Crippen molar-refractivity contribution >= 4 is 5.97 Å². The average molecular weight is 490 g/mol. The van der Waals surface area contributed by atoms with Crippen LogP contribution in [0.5, 0.6) is 5.75 Å². The first-order valence-corrected chi connectivity index (χ1v) is 12.4. The zero-order valence-electron chi connectivity index (χ0n) is 20.6. The first-order valence-electron chi connectivity index (χ1n) is 12.4. The molecule has 0 N–H and O–H groups in total. The molecule has 0 amide bonds. The van der Waals surface area contributed by atoms with Crippen molar-refractivity contribution < 1.29 is 27.4 Å². The maximum absolute atomic E-state index is 13.4. The third-order valence-electron chi connectivity index (χ3n) is 7.30. The van der Waals surface area contributed by atoms with E-state index in [1.807, 2.05) is 38.1 Å². The molecular formula is C28H34F3NO3. The maximum Gasteiger partial charge on any atom is 0.416 e. The second kappa shape index (κ2) is 10.6. The summed E-state index contributed by atoms with van der Waals surface area (Å²) in [5, 5.41) is 0. The van der Waals surface area contributed by atoms with Gasteiger partial charge >= 0.3 is 12.1 Å². The number of carbonyl (C=O) groups excluding carboxylic acids is 1. The van der Waals surface area contributed by atoms with E-state index in [0.29, 0.717) is 24.6 Å². The third-order valence-corrected chi connectivity index (χ3v) is 7.30. The van der Waals surface area contributed by atoms with Gasteiger partial charge in [0.2, 0.25) is 0 Å². The van der Waals surface area contributed by atoms with E-state index in [9.17, 15) is 18.0 Å². The number of carbonyl (C=O) groups is 1. The van der Waals surface area contributed by atoms with E-state index in [2.05, 4.69) is 4.90 Å². The van der Waals surface area contributed by atoms with Crippen LogP contribution in [0.4, 0.5) is 13.2 Å². The SMILES string of the molecule is COC(=O)[C@@H](C)[C@H](c1cccc(OC[C@H]2CCN(Cc3cc(C)ccc3C(F)(F)F)C2)c1)C1CC1. The molecule has 3 atom stereocenters. The molecule has 2 fully saturated rings. The van der Waals surface area contributed by atoms with Gasteiger partial charge in [0.15, 0.2) is 0 Å². The number of aryl methyl sites for hydroxylation is 1. The molecule has 1 saturated carbocycles. The predicted octanol–water partition coefficient (Wildman–Crippen LogP) is 6.22. The van der Waals surface area contributed by atoms with Gasteiger partial charge in [-0.15, -0.1) is 0 Å². The lowest BCUT2D eigenvalue weighted by Gasteiger charge is -2.23. The summed E-state index contributed by atoms with van der Waals surface area (Å²) in [7, 11) is 1.43. The van der Waals surface area contributed by atoms with Gasteiger partial charge in [-0.25, -0.2) is 0 Å². The molecule has 1 saturated heterocycles. The molecule has 7 heteroatoms. The van der Waals surface area contributed by atoms with Crippen LogP contribution in [0.3, 0.4) is 0 Å². The van der Waals surface area contributed by atoms with Gasteiger partial charge in [0.05, 0.1) is 25.2 Å². The second-order valence-electron chi connectivity index (χ2n) is 10.1. The number of hydrogen-bond acceptors (Lipinski definition) is 4. The smallest absolute Gasteiger partial charge is 0.416 e. The number of alkyl halides is 3. The zero-order chi connectivity index (χ0) is 25.2. The van der Waals surface area contributed by atoms with Crippen LogP contribution in [-0.4, -0.2) is 37.7 Å². The molecule has 1 aliphatic heterocycles. The molecule has 0 unspecified atom stereocenters. The van der Waals surface area contributed by atoms with Crippen molar-refractivity contribution in [1.82, 2.24) is 4.90 Å². The molecule has 4 nitrogen and oxygen atoms in total. The number of halogens is 3. The van der Waals surface area contributed by atoms with E-state index < -0.39 is 11.7 Å². The summed E-state index contributed by atoms with van der Waals surface area (Å²) >= 11 is 0. The minimum absolute atomic E-state index is 0.116. The Morgan fingerprint density at radius 2 is 1.91 bits per heavy atom. The molecule has 190 valence electrons. The molecule has 0 radical (unpaired) electrons. The highest BCUT2D eigenvalue weighted by molar-refractivity contribution is 5.73. The Morgan fingerprint density at radius 1 is 1.14 bits per heavy atom. The molecule has 1 aliphatic carbocycles. The van der Waals surface area contributed by atoms with E-state index >= 15 is 0 Å². The first kappa shape index (κ1) is 25.5. The lowest BCUT2D eigenvalue weighted by molar-refractivity contribution is -0.145. The highest BCUT2D eigenvalue weighted by atomic mass is 19.4. The van der Waals surface area contributed by atoms with Gasteiger partial charge in [-0.3, -0.25) is 9.69 Å². The van der Waals surface area contributed by atoms with Crippen LogP contribution in [0, 0.1) is 24.7 Å². The van der Waals surface area contributed by atoms with Crippen LogP contribution < -0.4 is 4.74 Å². The fourth-order valence-electron chi connectivity index (χ4n) is 5.35. The fourth-order valence-corrected chi connectivity index (χ4v) is 5.35. The van der Waals surface area contributed by atoms with E-state index in [1.54, 1.807) is 6.07 Å². The Labute approximate surface area is 205 Å². The fraction of sp³-hybridized carbons (Fsp3) is 0.536. The van der Waals surface area contributed by atoms with Crippen molar-refractivity contribution in [1.29, 1.82) is 0 Å². The molecule has 0 spiro atoms. The predicted molar refractivity (Wildman–Crippen MR) is 128 cm³/mol. The van der Waals surface area contributed by atoms with Crippen LogP contribution in [0.2, 0.25) is 0 Å². The molecule has 0 aromatic heterocycles. The second-order valence-corrected chi connectivity index (χ2v) is 10.1. The van der Waals surface area contributed by atoms with Gasteiger partial charge in [0.1, 0.15) is 5.75 Å². The van der Waals surface area contributed by atoms with Crippen LogP contribution in [-0.2, 0) is 22.3 Å². The number of rotatable bonds is 9. The number of hydrogen-bond donors (Lipinski definition) is 0. The number of ether oxygens (including phenoxy) is 2. The highest BCUT2D eigenvalue weighted by Gasteiger charge is 2.39. The van der Waals surface area contributed by atoms with Crippen molar-refractivity contribution in [3.05, 3.63) is 64.7 Å². The lowest BCUT2D eigenvalue weighted by Crippen LogP contribution is -2.24. The topological polar surface area (TPSA) is 38.8 Å². The molecule has 2 aromatic carbocycles. The summed E-state index contributed by atoms with van der Waals surface area (Å²) < 4.78 is 51.4. The summed E-state index contributed by atoms with van der Waals surface area (Å²) in [6.07, 6.45) is -1.23. The quantitative estimate of drug-likeness (QED) is 0.392. The van der Waals surface area contributed by atoms with Gasteiger partial charge in [-0.2, -0.15) is 13.2 Å². The lowest BCUT2D eigenvalue weighted by atomic mass is 9.83. The Balaban J connectivity index is 1.36. The summed E-state index contributed by atoms with van der Waals surface area (Å²) in [4.78, 5) is 14.3. The Morgan fingerprint density at radius 3 is 2.60 bits per heavy atom. The Hall–Kier alpha value is -2.54. The van der Waals surface area contributed by atoms with Gasteiger partial charge in [-0.05, 0) is 73.9 Å². The molecule has 2 aliphatic rings. The summed E-state index contributed by atoms with van der Waals surface area (Å²) in [6.45, 7) is 6.00. The standard InChI is InChI=1S/C28H34F3NO3/c1-18-7-10-25(28(29,30)31)23(13-18)16-32-12-11-20(15-32)17-35-24-6-4-5-22(14-24)26(21-8-9-21)19(2)27(33)34-3/h4-7,10,13-14,19-21,26H,8-9,11-12,15-17H2,1-3H3/t19-,20-,26-/m0/s1. The molecular weight excluding hydrogens is 455 g/mol. The molecule has 1 heterocycles. The summed E-state index contributed by atoms with van der Waals surface area (Å²) in [5.41, 5.74) is 1.71. The number of likely N-dealkylation sites (tertiary alicyclic amines) is 1. The van der Waals surface area contributed by atoms with Crippen LogP contribution in [0.15, 0.2) is 42.5 Å². The van der Waals surface area contributed by atoms with E-state index in [-0.39, 0.29) is 30.3 Å². The molecule has 2 aromatic rings. The Kier molecular flexibility index (Phi) is 7.74. The van der Waals surface area contributed by atoms with E-state index in [1.165, 1.54) is 19.2 Å². The largest absolute Gasteiger partial charge is 0.493 e. The number of esters is 1. The molecule has 4 rings (SSSR count).